The Bertz CT molecular complexity index is 564. The molecule has 1 aliphatic heterocycles. The Labute approximate surface area is 150 Å². The van der Waals surface area contributed by atoms with Gasteiger partial charge in [0.1, 0.15) is 0 Å². The highest BCUT2D eigenvalue weighted by atomic mass is 32.2. The SMILES string of the molecule is CC[C@@H](C)CN1CCC2(CC1)C[C@H]2C(=O)Nc1ccc(SC)cc1. The van der Waals surface area contributed by atoms with Crippen LogP contribution in [0.5, 0.6) is 0 Å². The molecule has 1 aliphatic carbocycles. The van der Waals surface area contributed by atoms with Gasteiger partial charge in [-0.2, -0.15) is 0 Å². The van der Waals surface area contributed by atoms with Gasteiger partial charge in [-0.25, -0.2) is 0 Å². The summed E-state index contributed by atoms with van der Waals surface area (Å²) in [6.45, 7) is 8.14. The van der Waals surface area contributed by atoms with Crippen molar-refractivity contribution in [3.05, 3.63) is 24.3 Å². The van der Waals surface area contributed by atoms with Crippen LogP contribution in [0.4, 0.5) is 5.69 Å². The molecule has 132 valence electrons. The van der Waals surface area contributed by atoms with Gasteiger partial charge in [0.25, 0.3) is 0 Å². The summed E-state index contributed by atoms with van der Waals surface area (Å²) in [4.78, 5) is 16.4. The molecule has 1 spiro atoms. The molecule has 2 fully saturated rings. The Balaban J connectivity index is 1.48. The number of benzene rings is 1. The maximum atomic E-state index is 12.6. The van der Waals surface area contributed by atoms with Crippen molar-refractivity contribution >= 4 is 23.4 Å². The molecule has 1 saturated heterocycles. The van der Waals surface area contributed by atoms with Crippen molar-refractivity contribution in [3.8, 4) is 0 Å². The van der Waals surface area contributed by atoms with E-state index in [1.807, 2.05) is 12.1 Å². The Hall–Kier alpha value is -1.00. The highest BCUT2D eigenvalue weighted by Crippen LogP contribution is 2.59. The minimum atomic E-state index is 0.224. The summed E-state index contributed by atoms with van der Waals surface area (Å²) >= 11 is 1.72. The Kier molecular flexibility index (Phi) is 5.56. The second kappa shape index (κ2) is 7.49. The first-order valence-electron chi connectivity index (χ1n) is 9.23. The number of carbonyl (C=O) groups excluding carboxylic acids is 1. The van der Waals surface area contributed by atoms with Crippen molar-refractivity contribution < 1.29 is 4.79 Å². The number of carbonyl (C=O) groups is 1. The predicted molar refractivity (Wildman–Crippen MR) is 103 cm³/mol. The van der Waals surface area contributed by atoms with Crippen LogP contribution in [-0.4, -0.2) is 36.7 Å². The van der Waals surface area contributed by atoms with E-state index in [1.165, 1.54) is 30.7 Å². The maximum absolute atomic E-state index is 12.6. The predicted octanol–water partition coefficient (Wildman–Crippen LogP) is 4.50. The van der Waals surface area contributed by atoms with Crippen LogP contribution >= 0.6 is 11.8 Å². The molecular weight excluding hydrogens is 316 g/mol. The number of nitrogens with zero attached hydrogens (tertiary/aromatic N) is 1. The van der Waals surface area contributed by atoms with Gasteiger partial charge in [0, 0.05) is 23.0 Å². The largest absolute Gasteiger partial charge is 0.326 e. The van der Waals surface area contributed by atoms with E-state index in [-0.39, 0.29) is 11.8 Å². The average Bonchev–Trinajstić information content (AvgIpc) is 3.31. The summed E-state index contributed by atoms with van der Waals surface area (Å²) in [5.74, 6) is 1.23. The lowest BCUT2D eigenvalue weighted by Gasteiger charge is -2.34. The molecule has 3 rings (SSSR count). The molecule has 1 amide bonds. The minimum Gasteiger partial charge on any atom is -0.326 e. The van der Waals surface area contributed by atoms with Crippen molar-refractivity contribution in [2.75, 3.05) is 31.2 Å². The smallest absolute Gasteiger partial charge is 0.228 e. The maximum Gasteiger partial charge on any atom is 0.228 e. The highest BCUT2D eigenvalue weighted by molar-refractivity contribution is 7.98. The van der Waals surface area contributed by atoms with Crippen LogP contribution in [-0.2, 0) is 4.79 Å². The quantitative estimate of drug-likeness (QED) is 0.770. The molecule has 1 heterocycles. The summed E-state index contributed by atoms with van der Waals surface area (Å²) in [7, 11) is 0. The van der Waals surface area contributed by atoms with E-state index < -0.39 is 0 Å². The van der Waals surface area contributed by atoms with E-state index in [9.17, 15) is 4.79 Å². The van der Waals surface area contributed by atoms with Crippen LogP contribution in [0, 0.1) is 17.3 Å². The van der Waals surface area contributed by atoms with E-state index in [4.69, 9.17) is 0 Å². The first-order chi connectivity index (χ1) is 11.6. The Morgan fingerprint density at radius 1 is 1.33 bits per heavy atom. The van der Waals surface area contributed by atoms with Crippen LogP contribution in [0.2, 0.25) is 0 Å². The number of rotatable bonds is 6. The van der Waals surface area contributed by atoms with Crippen molar-refractivity contribution in [1.82, 2.24) is 4.90 Å². The van der Waals surface area contributed by atoms with Gasteiger partial charge < -0.3 is 10.2 Å². The monoisotopic (exact) mass is 346 g/mol. The van der Waals surface area contributed by atoms with Crippen molar-refractivity contribution in [2.24, 2.45) is 17.3 Å². The summed E-state index contributed by atoms with van der Waals surface area (Å²) in [6.07, 6.45) is 6.77. The summed E-state index contributed by atoms with van der Waals surface area (Å²) in [5, 5.41) is 3.12. The second-order valence-corrected chi connectivity index (χ2v) is 8.53. The molecule has 1 N–H and O–H groups in total. The zero-order valence-corrected chi connectivity index (χ0v) is 16.0. The van der Waals surface area contributed by atoms with Gasteiger partial charge in [-0.05, 0) is 74.2 Å². The molecule has 24 heavy (non-hydrogen) atoms. The van der Waals surface area contributed by atoms with E-state index in [2.05, 4.69) is 42.5 Å². The van der Waals surface area contributed by atoms with Gasteiger partial charge in [0.05, 0.1) is 0 Å². The molecule has 2 atom stereocenters. The summed E-state index contributed by atoms with van der Waals surface area (Å²) < 4.78 is 0. The van der Waals surface area contributed by atoms with Crippen LogP contribution in [0.3, 0.4) is 0 Å². The third-order valence-electron chi connectivity index (χ3n) is 5.98. The van der Waals surface area contributed by atoms with E-state index >= 15 is 0 Å². The molecule has 3 nitrogen and oxygen atoms in total. The zero-order valence-electron chi connectivity index (χ0n) is 15.2. The minimum absolute atomic E-state index is 0.224. The molecule has 0 aromatic heterocycles. The number of hydrogen-bond acceptors (Lipinski definition) is 3. The fraction of sp³-hybridized carbons (Fsp3) is 0.650. The highest BCUT2D eigenvalue weighted by Gasteiger charge is 2.58. The zero-order chi connectivity index (χ0) is 17.2. The van der Waals surface area contributed by atoms with Crippen LogP contribution in [0.15, 0.2) is 29.2 Å². The molecule has 0 bridgehead atoms. The van der Waals surface area contributed by atoms with Crippen LogP contribution in [0.1, 0.15) is 39.5 Å². The fourth-order valence-electron chi connectivity index (χ4n) is 3.93. The number of hydrogen-bond donors (Lipinski definition) is 1. The van der Waals surface area contributed by atoms with Crippen molar-refractivity contribution in [2.45, 2.75) is 44.4 Å². The van der Waals surface area contributed by atoms with Crippen LogP contribution < -0.4 is 5.32 Å². The Morgan fingerprint density at radius 3 is 2.58 bits per heavy atom. The molecule has 1 saturated carbocycles. The van der Waals surface area contributed by atoms with Gasteiger partial charge in [-0.1, -0.05) is 20.3 Å². The standard InChI is InChI=1S/C20H30N2OS/c1-4-15(2)14-22-11-9-20(10-12-22)13-18(20)19(23)21-16-5-7-17(24-3)8-6-16/h5-8,15,18H,4,9-14H2,1-3H3,(H,21,23)/t15-,18+/m1/s1. The summed E-state index contributed by atoms with van der Waals surface area (Å²) in [6, 6.07) is 8.15. The van der Waals surface area contributed by atoms with E-state index in [0.29, 0.717) is 5.41 Å². The first-order valence-corrected chi connectivity index (χ1v) is 10.5. The number of anilines is 1. The number of amides is 1. The number of nitrogens with one attached hydrogen (secondary N) is 1. The van der Waals surface area contributed by atoms with E-state index in [1.54, 1.807) is 11.8 Å². The lowest BCUT2D eigenvalue weighted by molar-refractivity contribution is -0.118. The molecule has 1 aromatic carbocycles. The van der Waals surface area contributed by atoms with Crippen molar-refractivity contribution in [3.63, 3.8) is 0 Å². The van der Waals surface area contributed by atoms with Gasteiger partial charge in [-0.3, -0.25) is 4.79 Å². The van der Waals surface area contributed by atoms with Gasteiger partial charge >= 0.3 is 0 Å². The number of likely N-dealkylation sites (tertiary alicyclic amines) is 1. The third kappa shape index (κ3) is 3.97. The van der Waals surface area contributed by atoms with Crippen LogP contribution in [0.25, 0.3) is 0 Å². The normalized spacial score (nSPS) is 23.9. The third-order valence-corrected chi connectivity index (χ3v) is 6.73. The summed E-state index contributed by atoms with van der Waals surface area (Å²) in [5.41, 5.74) is 1.23. The molecule has 2 aliphatic rings. The van der Waals surface area contributed by atoms with Gasteiger partial charge in [0.15, 0.2) is 0 Å². The fourth-order valence-corrected chi connectivity index (χ4v) is 4.33. The molecule has 0 radical (unpaired) electrons. The lowest BCUT2D eigenvalue weighted by Crippen LogP contribution is -2.38. The molecule has 4 heteroatoms. The average molecular weight is 347 g/mol. The molecule has 0 unspecified atom stereocenters. The number of piperidine rings is 1. The topological polar surface area (TPSA) is 32.3 Å². The van der Waals surface area contributed by atoms with Gasteiger partial charge in [0.2, 0.25) is 5.91 Å². The number of thioether (sulfide) groups is 1. The Morgan fingerprint density at radius 2 is 2.00 bits per heavy atom. The lowest BCUT2D eigenvalue weighted by atomic mass is 9.90. The first kappa shape index (κ1) is 17.8. The van der Waals surface area contributed by atoms with Gasteiger partial charge in [-0.15, -0.1) is 11.8 Å². The van der Waals surface area contributed by atoms with Crippen molar-refractivity contribution in [1.29, 1.82) is 0 Å². The second-order valence-electron chi connectivity index (χ2n) is 7.65. The molecular formula is C20H30N2OS. The van der Waals surface area contributed by atoms with E-state index in [0.717, 1.165) is 31.1 Å². The molecule has 1 aromatic rings.